The molecular formula is C13H22N4O2. The van der Waals surface area contributed by atoms with E-state index < -0.39 is 0 Å². The average Bonchev–Trinajstić information content (AvgIpc) is 2.97. The fourth-order valence-electron chi connectivity index (χ4n) is 2.66. The first-order valence-electron chi connectivity index (χ1n) is 6.82. The predicted molar refractivity (Wildman–Crippen MR) is 70.3 cm³/mol. The van der Waals surface area contributed by atoms with Crippen LogP contribution in [0, 0.1) is 11.8 Å². The van der Waals surface area contributed by atoms with E-state index in [1.807, 2.05) is 4.68 Å². The summed E-state index contributed by atoms with van der Waals surface area (Å²) in [5.74, 6) is 1.17. The van der Waals surface area contributed by atoms with Crippen molar-refractivity contribution >= 4 is 5.97 Å². The van der Waals surface area contributed by atoms with Crippen molar-refractivity contribution in [2.75, 3.05) is 20.2 Å². The quantitative estimate of drug-likeness (QED) is 0.742. The highest BCUT2D eigenvalue weighted by molar-refractivity contribution is 5.73. The van der Waals surface area contributed by atoms with E-state index in [9.17, 15) is 4.79 Å². The summed E-state index contributed by atoms with van der Waals surface area (Å²) in [6, 6.07) is 0. The smallest absolute Gasteiger partial charge is 0.310 e. The third-order valence-electron chi connectivity index (χ3n) is 3.69. The number of likely N-dealkylation sites (tertiary alicyclic amines) is 1. The van der Waals surface area contributed by atoms with Crippen LogP contribution >= 0.6 is 0 Å². The largest absolute Gasteiger partial charge is 0.469 e. The molecule has 0 aromatic carbocycles. The van der Waals surface area contributed by atoms with E-state index in [0.717, 1.165) is 38.4 Å². The first-order chi connectivity index (χ1) is 9.15. The number of rotatable bonds is 5. The van der Waals surface area contributed by atoms with Gasteiger partial charge in [-0.1, -0.05) is 13.8 Å². The third-order valence-corrected chi connectivity index (χ3v) is 3.69. The molecule has 0 radical (unpaired) electrons. The second kappa shape index (κ2) is 6.14. The van der Waals surface area contributed by atoms with Gasteiger partial charge >= 0.3 is 5.97 Å². The van der Waals surface area contributed by atoms with Crippen LogP contribution in [0.2, 0.25) is 0 Å². The SMILES string of the molecule is CCCn1ncnc1CN1CC(C)C(C(=O)OC)C1. The van der Waals surface area contributed by atoms with Gasteiger partial charge in [0, 0.05) is 19.6 Å². The Hall–Kier alpha value is -1.43. The number of nitrogens with zero attached hydrogens (tertiary/aromatic N) is 4. The van der Waals surface area contributed by atoms with Gasteiger partial charge in [0.25, 0.3) is 0 Å². The van der Waals surface area contributed by atoms with E-state index in [0.29, 0.717) is 5.92 Å². The third kappa shape index (κ3) is 3.12. The van der Waals surface area contributed by atoms with Crippen molar-refractivity contribution in [1.29, 1.82) is 0 Å². The van der Waals surface area contributed by atoms with Gasteiger partial charge in [-0.25, -0.2) is 9.67 Å². The Labute approximate surface area is 113 Å². The lowest BCUT2D eigenvalue weighted by atomic mass is 9.99. The lowest BCUT2D eigenvalue weighted by Crippen LogP contribution is -2.25. The average molecular weight is 266 g/mol. The maximum Gasteiger partial charge on any atom is 0.310 e. The Morgan fingerprint density at radius 2 is 2.32 bits per heavy atom. The molecule has 0 N–H and O–H groups in total. The van der Waals surface area contributed by atoms with Gasteiger partial charge in [-0.05, 0) is 12.3 Å². The van der Waals surface area contributed by atoms with Crippen LogP contribution < -0.4 is 0 Å². The lowest BCUT2D eigenvalue weighted by molar-refractivity contribution is -0.146. The van der Waals surface area contributed by atoms with Crippen LogP contribution in [0.1, 0.15) is 26.1 Å². The van der Waals surface area contributed by atoms with E-state index in [2.05, 4.69) is 28.8 Å². The first kappa shape index (κ1) is 14.0. The van der Waals surface area contributed by atoms with Crippen LogP contribution in [-0.2, 0) is 22.6 Å². The summed E-state index contributed by atoms with van der Waals surface area (Å²) in [4.78, 5) is 18.2. The molecule has 6 nitrogen and oxygen atoms in total. The highest BCUT2D eigenvalue weighted by atomic mass is 16.5. The number of hydrogen-bond donors (Lipinski definition) is 0. The van der Waals surface area contributed by atoms with Gasteiger partial charge in [-0.15, -0.1) is 0 Å². The Morgan fingerprint density at radius 1 is 1.53 bits per heavy atom. The minimum Gasteiger partial charge on any atom is -0.469 e. The minimum atomic E-state index is -0.106. The molecule has 1 saturated heterocycles. The zero-order valence-corrected chi connectivity index (χ0v) is 11.9. The molecular weight excluding hydrogens is 244 g/mol. The minimum absolute atomic E-state index is 0.0208. The second-order valence-corrected chi connectivity index (χ2v) is 5.20. The highest BCUT2D eigenvalue weighted by Crippen LogP contribution is 2.25. The van der Waals surface area contributed by atoms with Gasteiger partial charge < -0.3 is 4.74 Å². The summed E-state index contributed by atoms with van der Waals surface area (Å²) >= 11 is 0. The van der Waals surface area contributed by atoms with Gasteiger partial charge in [-0.2, -0.15) is 5.10 Å². The molecule has 1 aliphatic heterocycles. The first-order valence-corrected chi connectivity index (χ1v) is 6.82. The summed E-state index contributed by atoms with van der Waals surface area (Å²) in [6.45, 7) is 7.50. The van der Waals surface area contributed by atoms with Gasteiger partial charge in [0.15, 0.2) is 0 Å². The zero-order chi connectivity index (χ0) is 13.8. The van der Waals surface area contributed by atoms with Crippen molar-refractivity contribution in [2.45, 2.75) is 33.4 Å². The zero-order valence-electron chi connectivity index (χ0n) is 11.9. The number of ether oxygens (including phenoxy) is 1. The van der Waals surface area contributed by atoms with Gasteiger partial charge in [0.2, 0.25) is 0 Å². The van der Waals surface area contributed by atoms with Gasteiger partial charge in [0.1, 0.15) is 12.2 Å². The maximum atomic E-state index is 11.7. The fourth-order valence-corrected chi connectivity index (χ4v) is 2.66. The molecule has 0 saturated carbocycles. The Balaban J connectivity index is 1.97. The maximum absolute atomic E-state index is 11.7. The van der Waals surface area contributed by atoms with Crippen LogP contribution in [0.5, 0.6) is 0 Å². The number of methoxy groups -OCH3 is 1. The van der Waals surface area contributed by atoms with E-state index in [4.69, 9.17) is 4.74 Å². The van der Waals surface area contributed by atoms with E-state index in [1.165, 1.54) is 7.11 Å². The molecule has 2 unspecified atom stereocenters. The summed E-state index contributed by atoms with van der Waals surface area (Å²) in [5.41, 5.74) is 0. The number of esters is 1. The number of carbonyl (C=O) groups is 1. The molecule has 2 atom stereocenters. The summed E-state index contributed by atoms with van der Waals surface area (Å²) in [5, 5.41) is 4.22. The Bertz CT molecular complexity index is 432. The van der Waals surface area contributed by atoms with Crippen molar-refractivity contribution in [3.05, 3.63) is 12.2 Å². The van der Waals surface area contributed by atoms with Gasteiger partial charge in [-0.3, -0.25) is 9.69 Å². The standard InChI is InChI=1S/C13H22N4O2/c1-4-5-17-12(14-9-15-17)8-16-6-10(2)11(7-16)13(18)19-3/h9-11H,4-8H2,1-3H3. The Kier molecular flexibility index (Phi) is 4.52. The molecule has 2 heterocycles. The summed E-state index contributed by atoms with van der Waals surface area (Å²) < 4.78 is 6.79. The molecule has 1 fully saturated rings. The monoisotopic (exact) mass is 266 g/mol. The normalized spacial score (nSPS) is 23.7. The number of aryl methyl sites for hydroxylation is 1. The molecule has 1 aromatic heterocycles. The fraction of sp³-hybridized carbons (Fsp3) is 0.769. The summed E-state index contributed by atoms with van der Waals surface area (Å²) in [6.07, 6.45) is 2.64. The molecule has 19 heavy (non-hydrogen) atoms. The van der Waals surface area contributed by atoms with Crippen LogP contribution in [0.4, 0.5) is 0 Å². The van der Waals surface area contributed by atoms with Crippen molar-refractivity contribution in [2.24, 2.45) is 11.8 Å². The van der Waals surface area contributed by atoms with Crippen LogP contribution in [-0.4, -0.2) is 45.8 Å². The van der Waals surface area contributed by atoms with E-state index >= 15 is 0 Å². The van der Waals surface area contributed by atoms with Crippen molar-refractivity contribution in [3.8, 4) is 0 Å². The molecule has 1 aromatic rings. The molecule has 106 valence electrons. The predicted octanol–water partition coefficient (Wildman–Crippen LogP) is 0.929. The van der Waals surface area contributed by atoms with Crippen molar-refractivity contribution in [1.82, 2.24) is 19.7 Å². The molecule has 2 rings (SSSR count). The van der Waals surface area contributed by atoms with Crippen LogP contribution in [0.15, 0.2) is 6.33 Å². The molecule has 0 bridgehead atoms. The number of hydrogen-bond acceptors (Lipinski definition) is 5. The Morgan fingerprint density at radius 3 is 3.00 bits per heavy atom. The molecule has 6 heteroatoms. The van der Waals surface area contributed by atoms with Crippen LogP contribution in [0.3, 0.4) is 0 Å². The number of aromatic nitrogens is 3. The number of carbonyl (C=O) groups excluding carboxylic acids is 1. The molecule has 0 spiro atoms. The van der Waals surface area contributed by atoms with E-state index in [-0.39, 0.29) is 11.9 Å². The molecule has 1 aliphatic rings. The van der Waals surface area contributed by atoms with Crippen molar-refractivity contribution < 1.29 is 9.53 Å². The summed E-state index contributed by atoms with van der Waals surface area (Å²) in [7, 11) is 1.45. The molecule has 0 amide bonds. The van der Waals surface area contributed by atoms with Gasteiger partial charge in [0.05, 0.1) is 19.6 Å². The highest BCUT2D eigenvalue weighted by Gasteiger charge is 2.35. The van der Waals surface area contributed by atoms with Crippen molar-refractivity contribution in [3.63, 3.8) is 0 Å². The van der Waals surface area contributed by atoms with Crippen LogP contribution in [0.25, 0.3) is 0 Å². The topological polar surface area (TPSA) is 60.2 Å². The second-order valence-electron chi connectivity index (χ2n) is 5.20. The van der Waals surface area contributed by atoms with E-state index in [1.54, 1.807) is 6.33 Å². The lowest BCUT2D eigenvalue weighted by Gasteiger charge is -2.15. The molecule has 0 aliphatic carbocycles.